The van der Waals surface area contributed by atoms with Gasteiger partial charge in [0.05, 0.1) is 18.1 Å². The minimum absolute atomic E-state index is 0.415. The van der Waals surface area contributed by atoms with Crippen LogP contribution in [0.3, 0.4) is 0 Å². The minimum Gasteiger partial charge on any atom is -0.296 e. The third-order valence-electron chi connectivity index (χ3n) is 1.73. The first-order chi connectivity index (χ1) is 6.57. The summed E-state index contributed by atoms with van der Waals surface area (Å²) in [5.41, 5.74) is 8.82. The van der Waals surface area contributed by atoms with E-state index in [0.717, 1.165) is 6.20 Å². The fourth-order valence-electron chi connectivity index (χ4n) is 1.13. The molecule has 6 heteroatoms. The average molecular weight is 215 g/mol. The predicted octanol–water partition coefficient (Wildman–Crippen LogP) is 0.910. The van der Waals surface area contributed by atoms with Crippen molar-refractivity contribution in [2.45, 2.75) is 5.12 Å². The molecule has 1 aromatic rings. The van der Waals surface area contributed by atoms with Gasteiger partial charge in [0.25, 0.3) is 0 Å². The van der Waals surface area contributed by atoms with Crippen molar-refractivity contribution in [1.82, 2.24) is 10.4 Å². The zero-order chi connectivity index (χ0) is 10.2. The smallest absolute Gasteiger partial charge is 0.182 e. The van der Waals surface area contributed by atoms with E-state index in [1.807, 2.05) is 0 Å². The molecule has 0 spiro atoms. The Kier molecular flexibility index (Phi) is 2.14. The molecule has 2 heterocycles. The lowest BCUT2D eigenvalue weighted by Gasteiger charge is -2.21. The van der Waals surface area contributed by atoms with Crippen molar-refractivity contribution in [2.75, 3.05) is 5.01 Å². The van der Waals surface area contributed by atoms with Crippen molar-refractivity contribution >= 4 is 17.3 Å². The third-order valence-corrected chi connectivity index (χ3v) is 1.94. The Morgan fingerprint density at radius 2 is 2.36 bits per heavy atom. The van der Waals surface area contributed by atoms with Gasteiger partial charge in [0.2, 0.25) is 0 Å². The van der Waals surface area contributed by atoms with Crippen molar-refractivity contribution in [1.29, 1.82) is 0 Å². The highest BCUT2D eigenvalue weighted by molar-refractivity contribution is 6.24. The summed E-state index contributed by atoms with van der Waals surface area (Å²) >= 11 is 5.78. The molecule has 0 aromatic carbocycles. The third kappa shape index (κ3) is 1.84. The highest BCUT2D eigenvalue weighted by Gasteiger charge is 2.26. The van der Waals surface area contributed by atoms with Crippen LogP contribution < -0.4 is 16.2 Å². The largest absolute Gasteiger partial charge is 0.296 e. The molecule has 1 atom stereocenters. The summed E-state index contributed by atoms with van der Waals surface area (Å²) in [5.74, 6) is -0.415. The minimum atomic E-state index is -1.12. The van der Waals surface area contributed by atoms with Gasteiger partial charge in [0.15, 0.2) is 5.12 Å². The van der Waals surface area contributed by atoms with E-state index in [0.29, 0.717) is 5.69 Å². The molecule has 74 valence electrons. The second-order valence-electron chi connectivity index (χ2n) is 2.93. The van der Waals surface area contributed by atoms with Crippen LogP contribution in [0, 0.1) is 5.82 Å². The van der Waals surface area contributed by atoms with Gasteiger partial charge in [-0.15, -0.1) is 0 Å². The maximum atomic E-state index is 12.8. The van der Waals surface area contributed by atoms with E-state index in [2.05, 4.69) is 10.4 Å². The number of nitrogens with one attached hydrogen (secondary N) is 1. The number of halogens is 2. The van der Waals surface area contributed by atoms with Crippen molar-refractivity contribution < 1.29 is 4.39 Å². The van der Waals surface area contributed by atoms with E-state index in [4.69, 9.17) is 17.3 Å². The lowest BCUT2D eigenvalue weighted by Crippen LogP contribution is -2.49. The van der Waals surface area contributed by atoms with Crippen LogP contribution in [0.25, 0.3) is 0 Å². The number of hydrazine groups is 1. The first-order valence-electron chi connectivity index (χ1n) is 3.92. The van der Waals surface area contributed by atoms with Gasteiger partial charge in [-0.05, 0) is 6.08 Å². The summed E-state index contributed by atoms with van der Waals surface area (Å²) in [6.07, 6.45) is 5.79. The van der Waals surface area contributed by atoms with Crippen LogP contribution in [0.4, 0.5) is 10.1 Å². The van der Waals surface area contributed by atoms with Gasteiger partial charge in [-0.25, -0.2) is 4.39 Å². The van der Waals surface area contributed by atoms with Crippen molar-refractivity contribution in [2.24, 2.45) is 5.73 Å². The van der Waals surface area contributed by atoms with E-state index in [1.165, 1.54) is 17.3 Å². The first kappa shape index (κ1) is 9.39. The normalized spacial score (nSPS) is 25.8. The molecule has 3 N–H and O–H groups in total. The number of hydrogen-bond acceptors (Lipinski definition) is 4. The van der Waals surface area contributed by atoms with Crippen molar-refractivity contribution in [3.05, 3.63) is 36.6 Å². The van der Waals surface area contributed by atoms with Crippen LogP contribution in [0.2, 0.25) is 0 Å². The molecule has 1 unspecified atom stereocenters. The molecule has 0 fully saturated rings. The summed E-state index contributed by atoms with van der Waals surface area (Å²) in [7, 11) is 0. The van der Waals surface area contributed by atoms with E-state index < -0.39 is 10.9 Å². The maximum Gasteiger partial charge on any atom is 0.182 e. The molecule has 0 bridgehead atoms. The number of hydrogen-bond donors (Lipinski definition) is 2. The first-order valence-corrected chi connectivity index (χ1v) is 4.29. The second kappa shape index (κ2) is 3.20. The van der Waals surface area contributed by atoms with Crippen molar-refractivity contribution in [3.8, 4) is 0 Å². The number of pyridine rings is 1. The molecule has 1 aliphatic rings. The molecule has 1 aliphatic heterocycles. The van der Waals surface area contributed by atoms with Gasteiger partial charge in [-0.3, -0.25) is 15.7 Å². The number of anilines is 1. The van der Waals surface area contributed by atoms with Gasteiger partial charge in [-0.1, -0.05) is 11.6 Å². The fraction of sp³-hybridized carbons (Fsp3) is 0.125. The Hall–Kier alpha value is -1.17. The summed E-state index contributed by atoms with van der Waals surface area (Å²) in [6, 6.07) is 1.32. The standard InChI is InChI=1S/C8H8ClFN4/c9-8(11)1-2-14(13-8)7-3-6(10)4-12-5-7/h1-5,13H,11H2. The van der Waals surface area contributed by atoms with Crippen LogP contribution in [0.5, 0.6) is 0 Å². The molecule has 0 saturated heterocycles. The molecule has 14 heavy (non-hydrogen) atoms. The molecule has 4 nitrogen and oxygen atoms in total. The Morgan fingerprint density at radius 1 is 1.57 bits per heavy atom. The number of rotatable bonds is 1. The SMILES string of the molecule is NC1(Cl)C=CN(c2cncc(F)c2)N1. The van der Waals surface area contributed by atoms with Gasteiger partial charge < -0.3 is 0 Å². The average Bonchev–Trinajstić information content (AvgIpc) is 2.46. The summed E-state index contributed by atoms with van der Waals surface area (Å²) in [5, 5.41) is 0.384. The second-order valence-corrected chi connectivity index (χ2v) is 3.55. The van der Waals surface area contributed by atoms with E-state index in [-0.39, 0.29) is 0 Å². The van der Waals surface area contributed by atoms with Crippen LogP contribution in [-0.4, -0.2) is 10.1 Å². The van der Waals surface area contributed by atoms with Gasteiger partial charge in [-0.2, -0.15) is 5.43 Å². The van der Waals surface area contributed by atoms with Crippen LogP contribution in [-0.2, 0) is 0 Å². The number of aromatic nitrogens is 1. The van der Waals surface area contributed by atoms with Gasteiger partial charge >= 0.3 is 0 Å². The maximum absolute atomic E-state index is 12.8. The molecule has 1 aromatic heterocycles. The Morgan fingerprint density at radius 3 is 2.93 bits per heavy atom. The summed E-state index contributed by atoms with van der Waals surface area (Å²) in [6.45, 7) is 0. The highest BCUT2D eigenvalue weighted by Crippen LogP contribution is 2.20. The molecule has 2 rings (SSSR count). The Balaban J connectivity index is 2.23. The number of nitrogens with two attached hydrogens (primary N) is 1. The molecule has 0 radical (unpaired) electrons. The molecular weight excluding hydrogens is 207 g/mol. The topological polar surface area (TPSA) is 54.2 Å². The van der Waals surface area contributed by atoms with E-state index in [1.54, 1.807) is 12.3 Å². The number of nitrogens with zero attached hydrogens (tertiary/aromatic N) is 2. The van der Waals surface area contributed by atoms with Crippen LogP contribution in [0.1, 0.15) is 0 Å². The quantitative estimate of drug-likeness (QED) is 0.539. The van der Waals surface area contributed by atoms with E-state index in [9.17, 15) is 4.39 Å². The number of alkyl halides is 1. The molecular formula is C8H8ClFN4. The lowest BCUT2D eigenvalue weighted by molar-refractivity contribution is 0.592. The zero-order valence-electron chi connectivity index (χ0n) is 7.11. The van der Waals surface area contributed by atoms with Gasteiger partial charge in [0.1, 0.15) is 5.82 Å². The molecule has 0 amide bonds. The monoisotopic (exact) mass is 214 g/mol. The summed E-state index contributed by atoms with van der Waals surface area (Å²) in [4.78, 5) is 3.70. The summed E-state index contributed by atoms with van der Waals surface area (Å²) < 4.78 is 12.8. The highest BCUT2D eigenvalue weighted by atomic mass is 35.5. The Labute approximate surface area is 85.1 Å². The van der Waals surface area contributed by atoms with Gasteiger partial charge in [0, 0.05) is 12.3 Å². The van der Waals surface area contributed by atoms with Crippen LogP contribution in [0.15, 0.2) is 30.7 Å². The van der Waals surface area contributed by atoms with Crippen LogP contribution >= 0.6 is 11.6 Å². The lowest BCUT2D eigenvalue weighted by atomic mass is 10.4. The van der Waals surface area contributed by atoms with Crippen molar-refractivity contribution in [3.63, 3.8) is 0 Å². The van der Waals surface area contributed by atoms with E-state index >= 15 is 0 Å². The molecule has 0 aliphatic carbocycles. The predicted molar refractivity (Wildman–Crippen MR) is 51.7 cm³/mol. The fourth-order valence-corrected chi connectivity index (χ4v) is 1.27. The zero-order valence-corrected chi connectivity index (χ0v) is 7.87. The molecule has 0 saturated carbocycles. The Bertz CT molecular complexity index is 379.